The van der Waals surface area contributed by atoms with E-state index in [1.165, 1.54) is 65.9 Å². The van der Waals surface area contributed by atoms with E-state index in [4.69, 9.17) is 19.2 Å². The van der Waals surface area contributed by atoms with E-state index in [1.807, 2.05) is 6.20 Å². The minimum Gasteiger partial charge on any atom is -0.493 e. The summed E-state index contributed by atoms with van der Waals surface area (Å²) in [5, 5.41) is 17.6. The molecule has 19 heteroatoms. The highest BCUT2D eigenvalue weighted by Crippen LogP contribution is 2.39. The number of hydrogen-bond acceptors (Lipinski definition) is 13. The number of aliphatic hydroxyl groups excluding tert-OH is 1. The average Bonchev–Trinajstić information content (AvgIpc) is 4.00. The SMILES string of the molecule is CCCCNc1ncc2c(-c3ccc(CN4CCN(C)CC4)cc3)cn(C3CCC(O)CC3)c2n1.COc1cc2nccc(Oc3ccc(NC(=O)c4cn(C(C)C)c(=O)n(-c5ccc(F)cc5)c4=O)cc3F)c2cc1OC. The lowest BCUT2D eigenvalue weighted by Crippen LogP contribution is -2.43. The van der Waals surface area contributed by atoms with Gasteiger partial charge in [0.25, 0.3) is 11.5 Å². The van der Waals surface area contributed by atoms with Crippen LogP contribution in [0.2, 0.25) is 0 Å². The molecule has 10 rings (SSSR count). The van der Waals surface area contributed by atoms with Gasteiger partial charge in [-0.15, -0.1) is 0 Å². The quantitative estimate of drug-likeness (QED) is 0.0778. The first-order chi connectivity index (χ1) is 37.7. The zero-order valence-corrected chi connectivity index (χ0v) is 44.8. The zero-order chi connectivity index (χ0) is 55.0. The topological polar surface area (TPSA) is 183 Å². The Kier molecular flexibility index (Phi) is 17.2. The van der Waals surface area contributed by atoms with E-state index in [-0.39, 0.29) is 28.8 Å². The second-order valence-electron chi connectivity index (χ2n) is 20.1. The molecule has 0 spiro atoms. The molecule has 4 aromatic heterocycles. The van der Waals surface area contributed by atoms with Crippen LogP contribution < -0.4 is 36.1 Å². The summed E-state index contributed by atoms with van der Waals surface area (Å²) >= 11 is 0. The molecule has 0 bridgehead atoms. The van der Waals surface area contributed by atoms with Crippen molar-refractivity contribution in [3.05, 3.63) is 153 Å². The van der Waals surface area contributed by atoms with Gasteiger partial charge in [0.2, 0.25) is 5.95 Å². The molecule has 1 amide bonds. The van der Waals surface area contributed by atoms with Gasteiger partial charge < -0.3 is 39.4 Å². The van der Waals surface area contributed by atoms with Gasteiger partial charge in [-0.1, -0.05) is 37.6 Å². The zero-order valence-electron chi connectivity index (χ0n) is 44.8. The lowest BCUT2D eigenvalue weighted by Gasteiger charge is -2.32. The van der Waals surface area contributed by atoms with Crippen LogP contribution in [0.5, 0.6) is 23.0 Å². The van der Waals surface area contributed by atoms with E-state index in [1.54, 1.807) is 32.0 Å². The number of fused-ring (bicyclic) bond motifs is 2. The van der Waals surface area contributed by atoms with E-state index in [0.29, 0.717) is 40.1 Å². The maximum atomic E-state index is 15.2. The fourth-order valence-electron chi connectivity index (χ4n) is 9.82. The van der Waals surface area contributed by atoms with Crippen LogP contribution in [0.1, 0.15) is 87.3 Å². The number of amides is 1. The minimum absolute atomic E-state index is 0.0378. The number of unbranched alkanes of at least 4 members (excludes halogenated alkanes) is 1. The minimum atomic E-state index is -0.914. The monoisotopic (exact) mass is 1060 g/mol. The van der Waals surface area contributed by atoms with Gasteiger partial charge in [0.1, 0.15) is 22.8 Å². The molecular weight excluding hydrogens is 999 g/mol. The molecule has 78 heavy (non-hydrogen) atoms. The largest absolute Gasteiger partial charge is 0.493 e. The molecule has 1 saturated carbocycles. The highest BCUT2D eigenvalue weighted by Gasteiger charge is 2.26. The van der Waals surface area contributed by atoms with Gasteiger partial charge in [-0.05, 0) is 113 Å². The van der Waals surface area contributed by atoms with Crippen LogP contribution in [0.4, 0.5) is 20.4 Å². The molecule has 2 fully saturated rings. The number of carbonyl (C=O) groups is 1. The number of aliphatic hydroxyl groups is 1. The third-order valence-corrected chi connectivity index (χ3v) is 14.3. The van der Waals surface area contributed by atoms with E-state index in [9.17, 15) is 23.9 Å². The van der Waals surface area contributed by atoms with Crippen molar-refractivity contribution in [1.82, 2.24) is 38.5 Å². The van der Waals surface area contributed by atoms with Crippen molar-refractivity contribution in [2.75, 3.05) is 64.6 Å². The lowest BCUT2D eigenvalue weighted by molar-refractivity contribution is 0.102. The van der Waals surface area contributed by atoms with Crippen molar-refractivity contribution < 1.29 is 32.9 Å². The van der Waals surface area contributed by atoms with Crippen LogP contribution in [0.3, 0.4) is 0 Å². The first-order valence-corrected chi connectivity index (χ1v) is 26.4. The summed E-state index contributed by atoms with van der Waals surface area (Å²) in [5.74, 6) is -0.431. The molecule has 1 aliphatic heterocycles. The summed E-state index contributed by atoms with van der Waals surface area (Å²) in [6.45, 7) is 12.1. The molecular formula is C59H66F2N10O7. The Bertz CT molecular complexity index is 3510. The van der Waals surface area contributed by atoms with Gasteiger partial charge in [-0.25, -0.2) is 23.1 Å². The number of methoxy groups -OCH3 is 2. The number of anilines is 2. The average molecular weight is 1070 g/mol. The third kappa shape index (κ3) is 12.4. The van der Waals surface area contributed by atoms with Crippen LogP contribution in [0.15, 0.2) is 119 Å². The summed E-state index contributed by atoms with van der Waals surface area (Å²) in [6, 6.07) is 22.4. The summed E-state index contributed by atoms with van der Waals surface area (Å²) in [6.07, 6.45) is 12.7. The van der Waals surface area contributed by atoms with Crippen molar-refractivity contribution in [1.29, 1.82) is 0 Å². The van der Waals surface area contributed by atoms with Gasteiger partial charge >= 0.3 is 5.69 Å². The normalized spacial score (nSPS) is 16.0. The van der Waals surface area contributed by atoms with Crippen LogP contribution >= 0.6 is 0 Å². The number of nitrogens with zero attached hydrogens (tertiary/aromatic N) is 8. The van der Waals surface area contributed by atoms with Crippen LogP contribution in [-0.2, 0) is 6.54 Å². The van der Waals surface area contributed by atoms with Crippen LogP contribution in [0.25, 0.3) is 38.8 Å². The number of ether oxygens (including phenoxy) is 3. The number of carbonyl (C=O) groups excluding carboxylic acids is 1. The second kappa shape index (κ2) is 24.6. The van der Waals surface area contributed by atoms with Crippen molar-refractivity contribution in [2.45, 2.75) is 84.0 Å². The predicted molar refractivity (Wildman–Crippen MR) is 299 cm³/mol. The molecule has 0 atom stereocenters. The maximum Gasteiger partial charge on any atom is 0.335 e. The number of benzene rings is 4. The third-order valence-electron chi connectivity index (χ3n) is 14.3. The molecule has 2 aliphatic rings. The first kappa shape index (κ1) is 54.8. The van der Waals surface area contributed by atoms with Gasteiger partial charge in [0.05, 0.1) is 31.5 Å². The lowest BCUT2D eigenvalue weighted by atomic mass is 9.93. The van der Waals surface area contributed by atoms with E-state index in [2.05, 4.69) is 79.4 Å². The van der Waals surface area contributed by atoms with Gasteiger partial charge in [0, 0.05) is 110 Å². The Balaban J connectivity index is 0.000000193. The summed E-state index contributed by atoms with van der Waals surface area (Å²) in [7, 11) is 5.19. The van der Waals surface area contributed by atoms with Gasteiger partial charge in [-0.3, -0.25) is 24.0 Å². The Morgan fingerprint density at radius 1 is 0.821 bits per heavy atom. The van der Waals surface area contributed by atoms with Crippen molar-refractivity contribution in [3.63, 3.8) is 0 Å². The Morgan fingerprint density at radius 2 is 1.54 bits per heavy atom. The van der Waals surface area contributed by atoms with Crippen LogP contribution in [-0.4, -0.2) is 110 Å². The molecule has 4 aromatic carbocycles. The number of nitrogens with one attached hydrogen (secondary N) is 2. The molecule has 3 N–H and O–H groups in total. The number of likely N-dealkylation sites (N-methyl/N-ethyl adjacent to an activating group) is 1. The molecule has 8 aromatic rings. The van der Waals surface area contributed by atoms with Crippen molar-refractivity contribution in [2.24, 2.45) is 0 Å². The number of piperazine rings is 1. The molecule has 0 unspecified atom stereocenters. The van der Waals surface area contributed by atoms with Gasteiger partial charge in [0.15, 0.2) is 23.1 Å². The number of rotatable bonds is 16. The molecule has 5 heterocycles. The fraction of sp³-hybridized carbons (Fsp3) is 0.356. The molecule has 0 radical (unpaired) electrons. The number of hydrogen-bond donors (Lipinski definition) is 3. The van der Waals surface area contributed by atoms with Crippen LogP contribution in [0, 0.1) is 11.6 Å². The Morgan fingerprint density at radius 3 is 2.22 bits per heavy atom. The molecule has 1 aliphatic carbocycles. The molecule has 1 saturated heterocycles. The van der Waals surface area contributed by atoms with E-state index >= 15 is 4.39 Å². The Labute approximate surface area is 451 Å². The summed E-state index contributed by atoms with van der Waals surface area (Å²) in [5.41, 5.74) is 3.44. The van der Waals surface area contributed by atoms with E-state index < -0.39 is 34.8 Å². The molecule has 408 valence electrons. The first-order valence-electron chi connectivity index (χ1n) is 26.4. The summed E-state index contributed by atoms with van der Waals surface area (Å²) < 4.78 is 49.5. The number of halogens is 2. The smallest absolute Gasteiger partial charge is 0.335 e. The molecule has 17 nitrogen and oxygen atoms in total. The van der Waals surface area contributed by atoms with E-state index in [0.717, 1.165) is 118 Å². The predicted octanol–water partition coefficient (Wildman–Crippen LogP) is 10.0. The van der Waals surface area contributed by atoms with Gasteiger partial charge in [-0.2, -0.15) is 4.98 Å². The fourth-order valence-corrected chi connectivity index (χ4v) is 9.82. The maximum absolute atomic E-state index is 15.2. The number of aromatic nitrogens is 6. The van der Waals surface area contributed by atoms with Crippen molar-refractivity contribution >= 4 is 39.5 Å². The highest BCUT2D eigenvalue weighted by molar-refractivity contribution is 6.04. The standard InChI is InChI=1S/C31H26F2N4O6.C28H40N6O/c1-17(2)36-16-22(30(39)37(31(36)40)20-8-5-18(32)6-9-20)29(38)35-19-7-10-26(23(33)13-19)43-25-11-12-34-24-15-28(42-4)27(41-3)14-21(24)25;1-3-4-13-29-28-30-18-25-26(20-34(27(25)31-28)23-9-11-24(35)12-10-23)22-7-5-21(6-8-22)19-33-16-14-32(2)15-17-33/h5-17H,1-4H3,(H,35,38);5-8,18,20,23-24,35H,3-4,9-17,19H2,1-2H3,(H,29,30,31). The second-order valence-corrected chi connectivity index (χ2v) is 20.1. The highest BCUT2D eigenvalue weighted by atomic mass is 19.1. The summed E-state index contributed by atoms with van der Waals surface area (Å²) in [4.78, 5) is 58.4. The van der Waals surface area contributed by atoms with Crippen molar-refractivity contribution in [3.8, 4) is 39.8 Å². The number of pyridine rings is 1. The Hall–Kier alpha value is -8.00.